The van der Waals surface area contributed by atoms with Gasteiger partial charge in [0.25, 0.3) is 0 Å². The van der Waals surface area contributed by atoms with Crippen LogP contribution in [0.4, 0.5) is 0 Å². The second kappa shape index (κ2) is 10.1. The van der Waals surface area contributed by atoms with E-state index in [1.165, 1.54) is 51.7 Å². The summed E-state index contributed by atoms with van der Waals surface area (Å²) in [5, 5.41) is 1.13. The molecule has 0 atom stereocenters. The van der Waals surface area contributed by atoms with E-state index in [4.69, 9.17) is 27.8 Å². The first-order valence-corrected chi connectivity index (χ1v) is 11.9. The van der Waals surface area contributed by atoms with Crippen LogP contribution >= 0.6 is 15.9 Å². The highest BCUT2D eigenvalue weighted by Crippen LogP contribution is 2.38. The molecule has 38 heavy (non-hydrogen) atoms. The molecule has 0 fully saturated rings. The van der Waals surface area contributed by atoms with Gasteiger partial charge in [-0.15, -0.1) is 0 Å². The summed E-state index contributed by atoms with van der Waals surface area (Å²) in [7, 11) is 4.32. The van der Waals surface area contributed by atoms with Crippen molar-refractivity contribution in [3.05, 3.63) is 91.5 Å². The van der Waals surface area contributed by atoms with Crippen molar-refractivity contribution in [3.63, 3.8) is 0 Å². The van der Waals surface area contributed by atoms with Crippen LogP contribution in [0, 0.1) is 0 Å². The summed E-state index contributed by atoms with van der Waals surface area (Å²) in [5.41, 5.74) is -0.0922. The van der Waals surface area contributed by atoms with Crippen LogP contribution in [0.3, 0.4) is 0 Å². The normalized spacial score (nSPS) is 10.9. The van der Waals surface area contributed by atoms with Gasteiger partial charge in [-0.2, -0.15) is 0 Å². The maximum atomic E-state index is 12.9. The molecule has 0 unspecified atom stereocenters. The molecule has 0 bridgehead atoms. The Balaban J connectivity index is 1.55. The number of rotatable bonds is 6. The lowest BCUT2D eigenvalue weighted by molar-refractivity contribution is 0.0734. The minimum absolute atomic E-state index is 0.117. The zero-order valence-corrected chi connectivity index (χ0v) is 21.9. The second-order valence-electron chi connectivity index (χ2n) is 8.07. The van der Waals surface area contributed by atoms with Crippen molar-refractivity contribution < 1.29 is 32.6 Å². The van der Waals surface area contributed by atoms with Crippen molar-refractivity contribution in [3.8, 4) is 34.1 Å². The van der Waals surface area contributed by atoms with E-state index in [1.54, 1.807) is 30.3 Å². The zero-order chi connectivity index (χ0) is 27.0. The van der Waals surface area contributed by atoms with Gasteiger partial charge in [0.15, 0.2) is 11.5 Å². The maximum Gasteiger partial charge on any atom is 0.344 e. The fraction of sp³-hybridized carbons (Fsp3) is 0.107. The van der Waals surface area contributed by atoms with Gasteiger partial charge in [0.05, 0.1) is 32.5 Å². The lowest BCUT2D eigenvalue weighted by Gasteiger charge is -2.14. The van der Waals surface area contributed by atoms with Crippen molar-refractivity contribution >= 4 is 43.8 Å². The third-order valence-corrected chi connectivity index (χ3v) is 6.30. The van der Waals surface area contributed by atoms with Gasteiger partial charge >= 0.3 is 17.2 Å². The monoisotopic (exact) mass is 578 g/mol. The SMILES string of the molecule is COc1cc(C(=O)Oc2ccc3c(-c4cc5cc(Br)ccc5oc4=O)cc(=O)oc3c2)cc(OC)c1OC. The van der Waals surface area contributed by atoms with E-state index in [-0.39, 0.29) is 34.0 Å². The molecule has 10 heteroatoms. The largest absolute Gasteiger partial charge is 0.493 e. The van der Waals surface area contributed by atoms with Crippen LogP contribution in [0.2, 0.25) is 0 Å². The highest BCUT2D eigenvalue weighted by atomic mass is 79.9. The topological polar surface area (TPSA) is 114 Å². The van der Waals surface area contributed by atoms with E-state index >= 15 is 0 Å². The summed E-state index contributed by atoms with van der Waals surface area (Å²) in [6, 6.07) is 15.6. The van der Waals surface area contributed by atoms with Crippen molar-refractivity contribution in [2.45, 2.75) is 0 Å². The average molecular weight is 579 g/mol. The van der Waals surface area contributed by atoms with Crippen LogP contribution in [0.1, 0.15) is 10.4 Å². The lowest BCUT2D eigenvalue weighted by Crippen LogP contribution is -2.10. The summed E-state index contributed by atoms with van der Waals surface area (Å²) < 4.78 is 33.0. The van der Waals surface area contributed by atoms with Gasteiger partial charge in [-0.25, -0.2) is 14.4 Å². The van der Waals surface area contributed by atoms with Crippen molar-refractivity contribution in [2.24, 2.45) is 0 Å². The smallest absolute Gasteiger partial charge is 0.344 e. The van der Waals surface area contributed by atoms with Crippen LogP contribution in [-0.4, -0.2) is 27.3 Å². The Bertz CT molecular complexity index is 1810. The van der Waals surface area contributed by atoms with Crippen LogP contribution in [0.25, 0.3) is 33.1 Å². The second-order valence-corrected chi connectivity index (χ2v) is 8.99. The molecule has 0 amide bonds. The summed E-state index contributed by atoms with van der Waals surface area (Å²) in [5.74, 6) is 0.314. The molecule has 0 saturated heterocycles. The molecule has 2 heterocycles. The van der Waals surface area contributed by atoms with E-state index in [2.05, 4.69) is 15.9 Å². The Morgan fingerprint density at radius 1 is 0.763 bits per heavy atom. The molecule has 0 spiro atoms. The molecule has 0 aliphatic rings. The van der Waals surface area contributed by atoms with Gasteiger partial charge in [0.1, 0.15) is 16.9 Å². The quantitative estimate of drug-likeness (QED) is 0.145. The highest BCUT2D eigenvalue weighted by molar-refractivity contribution is 9.10. The predicted molar refractivity (Wildman–Crippen MR) is 143 cm³/mol. The molecule has 0 saturated carbocycles. The maximum absolute atomic E-state index is 12.9. The molecule has 5 rings (SSSR count). The molecule has 0 aliphatic carbocycles. The summed E-state index contributed by atoms with van der Waals surface area (Å²) in [6.45, 7) is 0. The Kier molecular flexibility index (Phi) is 6.64. The zero-order valence-electron chi connectivity index (χ0n) is 20.3. The lowest BCUT2D eigenvalue weighted by atomic mass is 10.0. The fourth-order valence-electron chi connectivity index (χ4n) is 4.08. The molecular weight excluding hydrogens is 560 g/mol. The minimum atomic E-state index is -0.706. The molecule has 3 aromatic carbocycles. The van der Waals surface area contributed by atoms with Crippen LogP contribution in [0.15, 0.2) is 83.6 Å². The third kappa shape index (κ3) is 4.61. The Hall–Kier alpha value is -4.57. The average Bonchev–Trinajstić information content (AvgIpc) is 2.91. The molecule has 9 nitrogen and oxygen atoms in total. The first kappa shape index (κ1) is 25.1. The number of ether oxygens (including phenoxy) is 4. The Morgan fingerprint density at radius 2 is 1.50 bits per heavy atom. The number of hydrogen-bond donors (Lipinski definition) is 0. The number of methoxy groups -OCH3 is 3. The van der Waals surface area contributed by atoms with Crippen LogP contribution in [0.5, 0.6) is 23.0 Å². The summed E-state index contributed by atoms with van der Waals surface area (Å²) >= 11 is 3.40. The molecule has 5 aromatic rings. The Morgan fingerprint density at radius 3 is 2.18 bits per heavy atom. The van der Waals surface area contributed by atoms with Gasteiger partial charge in [0, 0.05) is 32.9 Å². The Labute approximate surface area is 223 Å². The number of halogens is 1. The molecular formula is C28H19BrO9. The number of hydrogen-bond acceptors (Lipinski definition) is 9. The summed E-state index contributed by atoms with van der Waals surface area (Å²) in [4.78, 5) is 38.1. The van der Waals surface area contributed by atoms with E-state index in [9.17, 15) is 14.4 Å². The van der Waals surface area contributed by atoms with Crippen LogP contribution in [-0.2, 0) is 0 Å². The number of carbonyl (C=O) groups is 1. The number of benzene rings is 3. The van der Waals surface area contributed by atoms with E-state index in [0.717, 1.165) is 4.47 Å². The van der Waals surface area contributed by atoms with Gasteiger partial charge in [-0.3, -0.25) is 0 Å². The molecule has 0 radical (unpaired) electrons. The first-order valence-electron chi connectivity index (χ1n) is 11.1. The molecule has 0 N–H and O–H groups in total. The number of carbonyl (C=O) groups excluding carboxylic acids is 1. The minimum Gasteiger partial charge on any atom is -0.493 e. The van der Waals surface area contributed by atoms with Gasteiger partial charge in [-0.05, 0) is 48.5 Å². The molecule has 0 aliphatic heterocycles. The fourth-order valence-corrected chi connectivity index (χ4v) is 4.46. The molecule has 192 valence electrons. The van der Waals surface area contributed by atoms with E-state index in [0.29, 0.717) is 27.7 Å². The summed E-state index contributed by atoms with van der Waals surface area (Å²) in [6.07, 6.45) is 0. The standard InChI is InChI=1S/C28H19BrO9/c1-33-23-10-15(11-24(34-2)26(23)35-3)27(31)36-17-5-6-18-19(13-25(30)37-22(18)12-17)20-9-14-8-16(29)4-7-21(14)38-28(20)32/h4-13H,1-3H3. The number of fused-ring (bicyclic) bond motifs is 2. The van der Waals surface area contributed by atoms with Crippen molar-refractivity contribution in [1.29, 1.82) is 0 Å². The van der Waals surface area contributed by atoms with Crippen molar-refractivity contribution in [1.82, 2.24) is 0 Å². The van der Waals surface area contributed by atoms with Gasteiger partial charge < -0.3 is 27.8 Å². The van der Waals surface area contributed by atoms with Crippen LogP contribution < -0.4 is 30.2 Å². The highest BCUT2D eigenvalue weighted by Gasteiger charge is 2.20. The predicted octanol–water partition coefficient (Wildman–Crippen LogP) is 5.57. The third-order valence-electron chi connectivity index (χ3n) is 5.81. The van der Waals surface area contributed by atoms with E-state index in [1.807, 2.05) is 0 Å². The van der Waals surface area contributed by atoms with Gasteiger partial charge in [0.2, 0.25) is 5.75 Å². The first-order chi connectivity index (χ1) is 18.3. The van der Waals surface area contributed by atoms with Gasteiger partial charge in [-0.1, -0.05) is 15.9 Å². The van der Waals surface area contributed by atoms with Crippen molar-refractivity contribution in [2.75, 3.05) is 21.3 Å². The van der Waals surface area contributed by atoms with E-state index < -0.39 is 17.2 Å². The molecule has 2 aromatic heterocycles. The number of esters is 1.